The van der Waals surface area contributed by atoms with E-state index in [0.717, 1.165) is 0 Å². The number of hydrogen-bond acceptors (Lipinski definition) is 5. The van der Waals surface area contributed by atoms with Crippen molar-refractivity contribution in [3.63, 3.8) is 0 Å². The monoisotopic (exact) mass is 348 g/mol. The van der Waals surface area contributed by atoms with E-state index in [0.29, 0.717) is 10.7 Å². The fraction of sp³-hybridized carbons (Fsp3) is 0.125. The number of ether oxygens (including phenoxy) is 1. The standard InChI is InChI=1S/C16H13ClN2O5/c1-10(15(20)18-12-6-4-5-11(17)9-12)24-16(21)13-7-2-3-8-14(13)19(22)23/h2-10H,1H3,(H,18,20). The Morgan fingerprint density at radius 2 is 1.92 bits per heavy atom. The third kappa shape index (κ3) is 4.30. The molecule has 0 bridgehead atoms. The van der Waals surface area contributed by atoms with Crippen LogP contribution in [-0.2, 0) is 9.53 Å². The maximum atomic E-state index is 12.1. The zero-order chi connectivity index (χ0) is 17.7. The summed E-state index contributed by atoms with van der Waals surface area (Å²) in [7, 11) is 0. The first-order chi connectivity index (χ1) is 11.4. The Morgan fingerprint density at radius 1 is 1.21 bits per heavy atom. The van der Waals surface area contributed by atoms with Crippen molar-refractivity contribution in [2.45, 2.75) is 13.0 Å². The molecular weight excluding hydrogens is 336 g/mol. The largest absolute Gasteiger partial charge is 0.449 e. The van der Waals surface area contributed by atoms with E-state index < -0.39 is 22.9 Å². The van der Waals surface area contributed by atoms with Gasteiger partial charge in [0.1, 0.15) is 5.56 Å². The minimum atomic E-state index is -1.14. The molecule has 0 spiro atoms. The van der Waals surface area contributed by atoms with Gasteiger partial charge in [-0.2, -0.15) is 0 Å². The molecule has 1 amide bonds. The van der Waals surface area contributed by atoms with Gasteiger partial charge in [-0.25, -0.2) is 4.79 Å². The number of halogens is 1. The molecule has 1 unspecified atom stereocenters. The third-order valence-corrected chi connectivity index (χ3v) is 3.30. The Kier molecular flexibility index (Phi) is 5.49. The summed E-state index contributed by atoms with van der Waals surface area (Å²) >= 11 is 5.82. The number of hydrogen-bond donors (Lipinski definition) is 1. The molecule has 2 rings (SSSR count). The van der Waals surface area contributed by atoms with Crippen LogP contribution in [0.1, 0.15) is 17.3 Å². The number of rotatable bonds is 5. The lowest BCUT2D eigenvalue weighted by Gasteiger charge is -2.13. The second-order valence-corrected chi connectivity index (χ2v) is 5.26. The second kappa shape index (κ2) is 7.56. The summed E-state index contributed by atoms with van der Waals surface area (Å²) in [6, 6.07) is 11.8. The third-order valence-electron chi connectivity index (χ3n) is 3.07. The molecule has 8 heteroatoms. The van der Waals surface area contributed by atoms with E-state index in [1.807, 2.05) is 0 Å². The minimum Gasteiger partial charge on any atom is -0.449 e. The molecule has 0 saturated heterocycles. The second-order valence-electron chi connectivity index (χ2n) is 4.82. The smallest absolute Gasteiger partial charge is 0.345 e. The molecule has 0 heterocycles. The number of nitro groups is 1. The van der Waals surface area contributed by atoms with Gasteiger partial charge in [0.05, 0.1) is 4.92 Å². The number of para-hydroxylation sites is 1. The first kappa shape index (κ1) is 17.4. The van der Waals surface area contributed by atoms with Crippen LogP contribution < -0.4 is 5.32 Å². The lowest BCUT2D eigenvalue weighted by Crippen LogP contribution is -2.30. The fourth-order valence-corrected chi connectivity index (χ4v) is 2.08. The van der Waals surface area contributed by atoms with Crippen LogP contribution in [0.2, 0.25) is 5.02 Å². The molecule has 7 nitrogen and oxygen atoms in total. The van der Waals surface area contributed by atoms with Gasteiger partial charge in [-0.1, -0.05) is 29.8 Å². The summed E-state index contributed by atoms with van der Waals surface area (Å²) in [5.41, 5.74) is -0.157. The number of benzene rings is 2. The van der Waals surface area contributed by atoms with Gasteiger partial charge in [0.15, 0.2) is 6.10 Å². The van der Waals surface area contributed by atoms with Crippen molar-refractivity contribution in [3.05, 3.63) is 69.2 Å². The van der Waals surface area contributed by atoms with E-state index in [1.165, 1.54) is 37.3 Å². The van der Waals surface area contributed by atoms with Crippen molar-refractivity contribution in [1.29, 1.82) is 0 Å². The summed E-state index contributed by atoms with van der Waals surface area (Å²) in [6.45, 7) is 1.37. The summed E-state index contributed by atoms with van der Waals surface area (Å²) < 4.78 is 5.00. The average molecular weight is 349 g/mol. The van der Waals surface area contributed by atoms with Crippen LogP contribution in [0.25, 0.3) is 0 Å². The molecule has 0 aliphatic heterocycles. The summed E-state index contributed by atoms with van der Waals surface area (Å²) in [6.07, 6.45) is -1.14. The molecule has 0 aliphatic carbocycles. The van der Waals surface area contributed by atoms with Crippen LogP contribution in [0.4, 0.5) is 11.4 Å². The molecule has 124 valence electrons. The van der Waals surface area contributed by atoms with E-state index in [-0.39, 0.29) is 11.3 Å². The van der Waals surface area contributed by atoms with Crippen molar-refractivity contribution < 1.29 is 19.2 Å². The first-order valence-electron chi connectivity index (χ1n) is 6.89. The van der Waals surface area contributed by atoms with Gasteiger partial charge >= 0.3 is 5.97 Å². The number of nitrogens with one attached hydrogen (secondary N) is 1. The van der Waals surface area contributed by atoms with Crippen molar-refractivity contribution in [2.24, 2.45) is 0 Å². The van der Waals surface area contributed by atoms with Crippen LogP contribution in [0.15, 0.2) is 48.5 Å². The molecular formula is C16H13ClN2O5. The SMILES string of the molecule is CC(OC(=O)c1ccccc1[N+](=O)[O-])C(=O)Nc1cccc(Cl)c1. The van der Waals surface area contributed by atoms with Gasteiger partial charge in [-0.15, -0.1) is 0 Å². The van der Waals surface area contributed by atoms with Gasteiger partial charge in [-0.3, -0.25) is 14.9 Å². The highest BCUT2D eigenvalue weighted by atomic mass is 35.5. The van der Waals surface area contributed by atoms with E-state index in [1.54, 1.807) is 18.2 Å². The maximum Gasteiger partial charge on any atom is 0.345 e. The van der Waals surface area contributed by atoms with Gasteiger partial charge < -0.3 is 10.1 Å². The van der Waals surface area contributed by atoms with Gasteiger partial charge in [-0.05, 0) is 31.2 Å². The quantitative estimate of drug-likeness (QED) is 0.507. The summed E-state index contributed by atoms with van der Waals surface area (Å²) in [4.78, 5) is 34.3. The van der Waals surface area contributed by atoms with Gasteiger partial charge in [0.2, 0.25) is 0 Å². The Morgan fingerprint density at radius 3 is 2.58 bits per heavy atom. The predicted molar refractivity (Wildman–Crippen MR) is 88.1 cm³/mol. The molecule has 0 saturated carbocycles. The number of esters is 1. The molecule has 0 radical (unpaired) electrons. The van der Waals surface area contributed by atoms with E-state index in [9.17, 15) is 19.7 Å². The van der Waals surface area contributed by atoms with Crippen LogP contribution in [-0.4, -0.2) is 22.9 Å². The highest BCUT2D eigenvalue weighted by Gasteiger charge is 2.24. The average Bonchev–Trinajstić information content (AvgIpc) is 2.54. The first-order valence-corrected chi connectivity index (χ1v) is 7.27. The van der Waals surface area contributed by atoms with Gasteiger partial charge in [0, 0.05) is 16.8 Å². The highest BCUT2D eigenvalue weighted by molar-refractivity contribution is 6.30. The predicted octanol–water partition coefficient (Wildman–Crippen LogP) is 3.43. The topological polar surface area (TPSA) is 98.5 Å². The number of carbonyl (C=O) groups is 2. The fourth-order valence-electron chi connectivity index (χ4n) is 1.89. The normalized spacial score (nSPS) is 11.4. The van der Waals surface area contributed by atoms with E-state index >= 15 is 0 Å². The number of amides is 1. The Hall–Kier alpha value is -2.93. The molecule has 2 aromatic carbocycles. The molecule has 0 fully saturated rings. The highest BCUT2D eigenvalue weighted by Crippen LogP contribution is 2.20. The molecule has 1 atom stereocenters. The number of anilines is 1. The molecule has 0 aromatic heterocycles. The molecule has 24 heavy (non-hydrogen) atoms. The van der Waals surface area contributed by atoms with Crippen molar-refractivity contribution in [2.75, 3.05) is 5.32 Å². The lowest BCUT2D eigenvalue weighted by molar-refractivity contribution is -0.385. The van der Waals surface area contributed by atoms with Crippen molar-refractivity contribution in [1.82, 2.24) is 0 Å². The number of carbonyl (C=O) groups excluding carboxylic acids is 2. The van der Waals surface area contributed by atoms with Gasteiger partial charge in [0.25, 0.3) is 11.6 Å². The van der Waals surface area contributed by atoms with Crippen molar-refractivity contribution >= 4 is 34.9 Å². The lowest BCUT2D eigenvalue weighted by atomic mass is 10.2. The Labute approximate surface area is 142 Å². The molecule has 0 aliphatic rings. The Bertz CT molecular complexity index is 794. The summed E-state index contributed by atoms with van der Waals surface area (Å²) in [5.74, 6) is -1.53. The zero-order valence-electron chi connectivity index (χ0n) is 12.6. The molecule has 2 aromatic rings. The van der Waals surface area contributed by atoms with Crippen molar-refractivity contribution in [3.8, 4) is 0 Å². The van der Waals surface area contributed by atoms with Crippen LogP contribution in [0.3, 0.4) is 0 Å². The minimum absolute atomic E-state index is 0.218. The number of nitro benzene ring substituents is 1. The zero-order valence-corrected chi connectivity index (χ0v) is 13.3. The van der Waals surface area contributed by atoms with Crippen LogP contribution >= 0.6 is 11.6 Å². The Balaban J connectivity index is 2.06. The molecule has 1 N–H and O–H groups in total. The van der Waals surface area contributed by atoms with E-state index in [4.69, 9.17) is 16.3 Å². The van der Waals surface area contributed by atoms with E-state index in [2.05, 4.69) is 5.32 Å². The maximum absolute atomic E-state index is 12.1. The van der Waals surface area contributed by atoms with Crippen LogP contribution in [0.5, 0.6) is 0 Å². The summed E-state index contributed by atoms with van der Waals surface area (Å²) in [5, 5.41) is 13.9. The number of nitrogens with zero attached hydrogens (tertiary/aromatic N) is 1. The van der Waals surface area contributed by atoms with Crippen LogP contribution in [0, 0.1) is 10.1 Å².